The monoisotopic (exact) mass is 253 g/mol. The van der Waals surface area contributed by atoms with Crippen LogP contribution in [-0.4, -0.2) is 24.5 Å². The summed E-state index contributed by atoms with van der Waals surface area (Å²) >= 11 is 0. The summed E-state index contributed by atoms with van der Waals surface area (Å²) in [6, 6.07) is 10.3. The van der Waals surface area contributed by atoms with E-state index in [1.807, 2.05) is 52.0 Å². The molecule has 0 bridgehead atoms. The molecule has 0 aliphatic heterocycles. The first kappa shape index (κ1) is 11.6. The van der Waals surface area contributed by atoms with Gasteiger partial charge in [0.15, 0.2) is 5.82 Å². The van der Waals surface area contributed by atoms with Gasteiger partial charge < -0.3 is 4.57 Å². The molecule has 0 saturated carbocycles. The van der Waals surface area contributed by atoms with Crippen molar-refractivity contribution in [2.45, 2.75) is 19.9 Å². The Morgan fingerprint density at radius 2 is 1.89 bits per heavy atom. The van der Waals surface area contributed by atoms with E-state index in [0.717, 1.165) is 17.1 Å². The summed E-state index contributed by atoms with van der Waals surface area (Å²) in [4.78, 5) is 0. The molecular formula is C14H15N5. The van der Waals surface area contributed by atoms with Crippen molar-refractivity contribution in [1.29, 1.82) is 0 Å². The molecule has 19 heavy (non-hydrogen) atoms. The highest BCUT2D eigenvalue weighted by Crippen LogP contribution is 2.20. The van der Waals surface area contributed by atoms with E-state index >= 15 is 0 Å². The van der Waals surface area contributed by atoms with Gasteiger partial charge in [-0.25, -0.2) is 4.68 Å². The Bertz CT molecular complexity index is 666. The summed E-state index contributed by atoms with van der Waals surface area (Å²) < 4.78 is 3.88. The third kappa shape index (κ3) is 2.14. The second-order valence-corrected chi connectivity index (χ2v) is 4.66. The van der Waals surface area contributed by atoms with Crippen molar-refractivity contribution in [2.24, 2.45) is 0 Å². The minimum atomic E-state index is 0.324. The second kappa shape index (κ2) is 4.68. The molecule has 0 amide bonds. The zero-order chi connectivity index (χ0) is 13.2. The summed E-state index contributed by atoms with van der Waals surface area (Å²) in [5.74, 6) is 0.845. The summed E-state index contributed by atoms with van der Waals surface area (Å²) in [5.41, 5.74) is 2.00. The number of para-hydroxylation sites is 1. The lowest BCUT2D eigenvalue weighted by Gasteiger charge is -2.08. The molecule has 2 heterocycles. The Labute approximate surface area is 111 Å². The van der Waals surface area contributed by atoms with Gasteiger partial charge in [-0.15, -0.1) is 10.2 Å². The van der Waals surface area contributed by atoms with Crippen molar-refractivity contribution < 1.29 is 0 Å². The lowest BCUT2D eigenvalue weighted by Crippen LogP contribution is -2.01. The summed E-state index contributed by atoms with van der Waals surface area (Å²) in [5, 5.41) is 12.5. The van der Waals surface area contributed by atoms with Crippen molar-refractivity contribution in [3.8, 4) is 17.1 Å². The van der Waals surface area contributed by atoms with Gasteiger partial charge in [0.1, 0.15) is 6.33 Å². The Kier molecular flexibility index (Phi) is 2.87. The van der Waals surface area contributed by atoms with E-state index in [-0.39, 0.29) is 0 Å². The highest BCUT2D eigenvalue weighted by Gasteiger charge is 2.12. The molecule has 0 atom stereocenters. The fourth-order valence-corrected chi connectivity index (χ4v) is 1.99. The smallest absolute Gasteiger partial charge is 0.167 e. The van der Waals surface area contributed by atoms with Crippen LogP contribution in [0.2, 0.25) is 0 Å². The van der Waals surface area contributed by atoms with Crippen LogP contribution >= 0.6 is 0 Å². The number of benzene rings is 1. The molecule has 0 radical (unpaired) electrons. The normalized spacial score (nSPS) is 11.1. The fourth-order valence-electron chi connectivity index (χ4n) is 1.99. The van der Waals surface area contributed by atoms with Gasteiger partial charge in [-0.2, -0.15) is 5.10 Å². The fraction of sp³-hybridized carbons (Fsp3) is 0.214. The van der Waals surface area contributed by atoms with Crippen LogP contribution in [0.3, 0.4) is 0 Å². The lowest BCUT2D eigenvalue weighted by molar-refractivity contribution is 0.604. The lowest BCUT2D eigenvalue weighted by atomic mass is 10.3. The van der Waals surface area contributed by atoms with Gasteiger partial charge in [0.2, 0.25) is 0 Å². The molecule has 0 N–H and O–H groups in total. The Balaban J connectivity index is 2.00. The largest absolute Gasteiger partial charge is 0.311 e. The Morgan fingerprint density at radius 3 is 2.63 bits per heavy atom. The van der Waals surface area contributed by atoms with E-state index in [0.29, 0.717) is 6.04 Å². The molecule has 0 fully saturated rings. The minimum absolute atomic E-state index is 0.324. The van der Waals surface area contributed by atoms with Crippen molar-refractivity contribution in [3.05, 3.63) is 49.1 Å². The standard InChI is InChI=1S/C14H15N5/c1-11(2)18-10-15-17-14(18)12-8-16-19(9-12)13-6-4-3-5-7-13/h3-11H,1-2H3. The molecular weight excluding hydrogens is 238 g/mol. The van der Waals surface area contributed by atoms with E-state index < -0.39 is 0 Å². The molecule has 3 rings (SSSR count). The van der Waals surface area contributed by atoms with Crippen molar-refractivity contribution >= 4 is 0 Å². The van der Waals surface area contributed by atoms with Gasteiger partial charge in [-0.1, -0.05) is 18.2 Å². The SMILES string of the molecule is CC(C)n1cnnc1-c1cnn(-c2ccccc2)c1. The van der Waals surface area contributed by atoms with Crippen LogP contribution in [0.25, 0.3) is 17.1 Å². The molecule has 2 aromatic heterocycles. The number of hydrogen-bond acceptors (Lipinski definition) is 3. The van der Waals surface area contributed by atoms with E-state index in [2.05, 4.69) is 29.1 Å². The summed E-state index contributed by atoms with van der Waals surface area (Å²) in [6.07, 6.45) is 5.54. The van der Waals surface area contributed by atoms with E-state index in [9.17, 15) is 0 Å². The van der Waals surface area contributed by atoms with Gasteiger partial charge in [0.25, 0.3) is 0 Å². The van der Waals surface area contributed by atoms with Crippen LogP contribution < -0.4 is 0 Å². The highest BCUT2D eigenvalue weighted by molar-refractivity contribution is 5.53. The molecule has 3 aromatic rings. The predicted octanol–water partition coefficient (Wildman–Crippen LogP) is 2.71. The maximum absolute atomic E-state index is 4.38. The van der Waals surface area contributed by atoms with Crippen LogP contribution in [0.15, 0.2) is 49.1 Å². The molecule has 5 nitrogen and oxygen atoms in total. The van der Waals surface area contributed by atoms with Crippen LogP contribution in [0, 0.1) is 0 Å². The average molecular weight is 253 g/mol. The quantitative estimate of drug-likeness (QED) is 0.721. The van der Waals surface area contributed by atoms with Crippen LogP contribution in [0.4, 0.5) is 0 Å². The topological polar surface area (TPSA) is 48.5 Å². The summed E-state index contributed by atoms with van der Waals surface area (Å²) in [6.45, 7) is 4.21. The van der Waals surface area contributed by atoms with Crippen LogP contribution in [-0.2, 0) is 0 Å². The third-order valence-corrected chi connectivity index (χ3v) is 2.99. The number of aromatic nitrogens is 5. The molecule has 1 aromatic carbocycles. The molecule has 0 unspecified atom stereocenters. The second-order valence-electron chi connectivity index (χ2n) is 4.66. The van der Waals surface area contributed by atoms with E-state index in [1.165, 1.54) is 0 Å². The van der Waals surface area contributed by atoms with Crippen molar-refractivity contribution in [3.63, 3.8) is 0 Å². The van der Waals surface area contributed by atoms with E-state index in [1.54, 1.807) is 6.33 Å². The van der Waals surface area contributed by atoms with Crippen LogP contribution in [0.5, 0.6) is 0 Å². The van der Waals surface area contributed by atoms with Gasteiger partial charge in [0.05, 0.1) is 17.4 Å². The maximum Gasteiger partial charge on any atom is 0.167 e. The first-order valence-electron chi connectivity index (χ1n) is 6.25. The first-order valence-corrected chi connectivity index (χ1v) is 6.25. The third-order valence-electron chi connectivity index (χ3n) is 2.99. The Morgan fingerprint density at radius 1 is 1.11 bits per heavy atom. The minimum Gasteiger partial charge on any atom is -0.311 e. The highest BCUT2D eigenvalue weighted by atomic mass is 15.3. The van der Waals surface area contributed by atoms with E-state index in [4.69, 9.17) is 0 Å². The average Bonchev–Trinajstić information content (AvgIpc) is 3.08. The number of rotatable bonds is 3. The molecule has 0 aliphatic carbocycles. The van der Waals surface area contributed by atoms with Gasteiger partial charge >= 0.3 is 0 Å². The van der Waals surface area contributed by atoms with Gasteiger partial charge in [0, 0.05) is 12.2 Å². The zero-order valence-electron chi connectivity index (χ0n) is 10.9. The van der Waals surface area contributed by atoms with Gasteiger partial charge in [-0.3, -0.25) is 0 Å². The zero-order valence-corrected chi connectivity index (χ0v) is 10.9. The van der Waals surface area contributed by atoms with Gasteiger partial charge in [-0.05, 0) is 26.0 Å². The predicted molar refractivity (Wildman–Crippen MR) is 73.0 cm³/mol. The first-order chi connectivity index (χ1) is 9.25. The summed E-state index contributed by atoms with van der Waals surface area (Å²) in [7, 11) is 0. The van der Waals surface area contributed by atoms with Crippen LogP contribution in [0.1, 0.15) is 19.9 Å². The number of hydrogen-bond donors (Lipinski definition) is 0. The molecule has 0 aliphatic rings. The van der Waals surface area contributed by atoms with Crippen molar-refractivity contribution in [2.75, 3.05) is 0 Å². The number of nitrogens with zero attached hydrogens (tertiary/aromatic N) is 5. The molecule has 0 saturated heterocycles. The maximum atomic E-state index is 4.38. The van der Waals surface area contributed by atoms with Crippen molar-refractivity contribution in [1.82, 2.24) is 24.5 Å². The molecule has 0 spiro atoms. The molecule has 5 heteroatoms. The Hall–Kier alpha value is -2.43. The molecule has 96 valence electrons.